The molecular weight excluding hydrogens is 415 g/mol. The smallest absolute Gasteiger partial charge is 0.123 e. The van der Waals surface area contributed by atoms with Crippen molar-refractivity contribution in [2.24, 2.45) is 0 Å². The molecule has 0 heterocycles. The van der Waals surface area contributed by atoms with Gasteiger partial charge in [0.1, 0.15) is 5.82 Å². The molecule has 0 aliphatic heterocycles. The highest BCUT2D eigenvalue weighted by molar-refractivity contribution is 6.04. The summed E-state index contributed by atoms with van der Waals surface area (Å²) < 4.78 is 13.7. The Morgan fingerprint density at radius 3 is 2.35 bits per heavy atom. The van der Waals surface area contributed by atoms with Crippen molar-refractivity contribution in [2.75, 3.05) is 0 Å². The summed E-state index contributed by atoms with van der Waals surface area (Å²) in [7, 11) is 0. The molecule has 3 aliphatic carbocycles. The Kier molecular flexibility index (Phi) is 4.17. The van der Waals surface area contributed by atoms with E-state index in [1.807, 2.05) is 12.1 Å². The van der Waals surface area contributed by atoms with Gasteiger partial charge in [-0.1, -0.05) is 84.9 Å². The molecule has 0 saturated carbocycles. The molecular formula is C33H23F. The van der Waals surface area contributed by atoms with Crippen LogP contribution in [-0.2, 0) is 6.42 Å². The molecule has 0 N–H and O–H groups in total. The Morgan fingerprint density at radius 2 is 1.47 bits per heavy atom. The molecule has 0 bridgehead atoms. The summed E-state index contributed by atoms with van der Waals surface area (Å²) in [5.41, 5.74) is 13.2. The van der Waals surface area contributed by atoms with Crippen LogP contribution in [0.25, 0.3) is 28.3 Å². The van der Waals surface area contributed by atoms with Gasteiger partial charge in [0, 0.05) is 5.92 Å². The topological polar surface area (TPSA) is 0 Å². The second-order valence-electron chi connectivity index (χ2n) is 9.48. The van der Waals surface area contributed by atoms with Crippen LogP contribution in [0.5, 0.6) is 0 Å². The van der Waals surface area contributed by atoms with Crippen molar-refractivity contribution in [1.82, 2.24) is 0 Å². The van der Waals surface area contributed by atoms with Crippen LogP contribution in [0.15, 0.2) is 108 Å². The molecule has 4 aromatic rings. The second kappa shape index (κ2) is 7.27. The Morgan fingerprint density at radius 1 is 0.735 bits per heavy atom. The lowest BCUT2D eigenvalue weighted by molar-refractivity contribution is 0.627. The molecule has 7 rings (SSSR count). The Bertz CT molecular complexity index is 1680. The van der Waals surface area contributed by atoms with Gasteiger partial charge in [-0.15, -0.1) is 0 Å². The molecule has 1 heteroatoms. The number of fused-ring (bicyclic) bond motifs is 5. The molecule has 0 saturated heterocycles. The zero-order valence-corrected chi connectivity index (χ0v) is 19.0. The van der Waals surface area contributed by atoms with E-state index in [1.165, 1.54) is 60.5 Å². The molecule has 0 nitrogen and oxygen atoms in total. The number of hydrogen-bond donors (Lipinski definition) is 0. The monoisotopic (exact) mass is 438 g/mol. The van der Waals surface area contributed by atoms with Crippen LogP contribution in [0.4, 0.5) is 4.39 Å². The highest BCUT2D eigenvalue weighted by atomic mass is 19.1. The molecule has 0 spiro atoms. The van der Waals surface area contributed by atoms with Gasteiger partial charge in [-0.05, 0) is 97.7 Å². The van der Waals surface area contributed by atoms with E-state index in [0.717, 1.165) is 12.0 Å². The molecule has 1 atom stereocenters. The lowest BCUT2D eigenvalue weighted by atomic mass is 9.75. The van der Waals surface area contributed by atoms with Crippen LogP contribution in [0.3, 0.4) is 0 Å². The van der Waals surface area contributed by atoms with E-state index in [1.54, 1.807) is 12.1 Å². The van der Waals surface area contributed by atoms with Crippen LogP contribution in [0.2, 0.25) is 0 Å². The largest absolute Gasteiger partial charge is 0.207 e. The third kappa shape index (κ3) is 2.77. The first-order valence-electron chi connectivity index (χ1n) is 11.9. The highest BCUT2D eigenvalue weighted by Gasteiger charge is 2.31. The minimum Gasteiger partial charge on any atom is -0.207 e. The first-order chi connectivity index (χ1) is 16.7. The third-order valence-electron chi connectivity index (χ3n) is 7.58. The van der Waals surface area contributed by atoms with E-state index in [2.05, 4.69) is 85.8 Å². The fourth-order valence-corrected chi connectivity index (χ4v) is 6.10. The van der Waals surface area contributed by atoms with Crippen molar-refractivity contribution in [2.45, 2.75) is 19.3 Å². The van der Waals surface area contributed by atoms with Crippen molar-refractivity contribution in [3.05, 3.63) is 147 Å². The van der Waals surface area contributed by atoms with Crippen molar-refractivity contribution >= 4 is 17.2 Å². The summed E-state index contributed by atoms with van der Waals surface area (Å²) in [4.78, 5) is 0. The van der Waals surface area contributed by atoms with Gasteiger partial charge in [-0.3, -0.25) is 0 Å². The predicted molar refractivity (Wildman–Crippen MR) is 138 cm³/mol. The summed E-state index contributed by atoms with van der Waals surface area (Å²) in [6.45, 7) is 2.23. The third-order valence-corrected chi connectivity index (χ3v) is 7.58. The maximum absolute atomic E-state index is 13.7. The van der Waals surface area contributed by atoms with Gasteiger partial charge in [-0.25, -0.2) is 4.39 Å². The normalized spacial score (nSPS) is 17.5. The Balaban J connectivity index is 1.50. The maximum Gasteiger partial charge on any atom is 0.123 e. The van der Waals surface area contributed by atoms with Crippen molar-refractivity contribution < 1.29 is 4.39 Å². The predicted octanol–water partition coefficient (Wildman–Crippen LogP) is 6.54. The average Bonchev–Trinajstić information content (AvgIpc) is 3.43. The van der Waals surface area contributed by atoms with Crippen LogP contribution in [-0.4, -0.2) is 0 Å². The minimum atomic E-state index is -0.195. The molecule has 34 heavy (non-hydrogen) atoms. The average molecular weight is 439 g/mol. The molecule has 0 fully saturated rings. The highest BCUT2D eigenvalue weighted by Crippen LogP contribution is 2.48. The summed E-state index contributed by atoms with van der Waals surface area (Å²) in [6.07, 6.45) is 5.70. The minimum absolute atomic E-state index is 0.105. The zero-order chi connectivity index (χ0) is 22.8. The van der Waals surface area contributed by atoms with E-state index in [-0.39, 0.29) is 11.7 Å². The van der Waals surface area contributed by atoms with Crippen LogP contribution in [0, 0.1) is 5.82 Å². The fraction of sp³-hybridized carbons (Fsp3) is 0.0909. The van der Waals surface area contributed by atoms with Crippen LogP contribution in [0.1, 0.15) is 35.1 Å². The number of halogens is 1. The molecule has 0 radical (unpaired) electrons. The molecule has 1 unspecified atom stereocenters. The van der Waals surface area contributed by atoms with Gasteiger partial charge in [0.15, 0.2) is 0 Å². The van der Waals surface area contributed by atoms with E-state index in [4.69, 9.17) is 0 Å². The lowest BCUT2D eigenvalue weighted by Crippen LogP contribution is -2.24. The first kappa shape index (κ1) is 19.5. The summed E-state index contributed by atoms with van der Waals surface area (Å²) in [5.74, 6) is -0.0901. The van der Waals surface area contributed by atoms with Crippen LogP contribution < -0.4 is 10.4 Å². The van der Waals surface area contributed by atoms with Gasteiger partial charge >= 0.3 is 0 Å². The Hall–Kier alpha value is -3.97. The van der Waals surface area contributed by atoms with Gasteiger partial charge < -0.3 is 0 Å². The molecule has 0 amide bonds. The molecule has 0 aromatic heterocycles. The molecule has 3 aliphatic rings. The van der Waals surface area contributed by atoms with Gasteiger partial charge in [0.2, 0.25) is 0 Å². The van der Waals surface area contributed by atoms with E-state index in [0.29, 0.717) is 0 Å². The first-order valence-corrected chi connectivity index (χ1v) is 11.9. The summed E-state index contributed by atoms with van der Waals surface area (Å²) in [5, 5.41) is 2.54. The van der Waals surface area contributed by atoms with Crippen LogP contribution >= 0.6 is 0 Å². The second-order valence-corrected chi connectivity index (χ2v) is 9.48. The van der Waals surface area contributed by atoms with Crippen molar-refractivity contribution in [3.63, 3.8) is 0 Å². The summed E-state index contributed by atoms with van der Waals surface area (Å²) in [6, 6.07) is 31.2. The van der Waals surface area contributed by atoms with Crippen molar-refractivity contribution in [3.8, 4) is 11.1 Å². The standard InChI is InChI=1S/C33H23F/c1-20-17-29(21-13-15-24(34)16-14-21)33-26-10-5-3-8-23(26)19-31(33)32(20)28-12-6-11-27-25-9-4-2-7-22(25)18-30(27)28/h2-17,19,29H,18H2,1H3. The summed E-state index contributed by atoms with van der Waals surface area (Å²) >= 11 is 0. The number of benzene rings is 4. The SMILES string of the molecule is CC1=CC(c2ccc(F)cc2)C2=c3ccccc3=CC2=C1c1cccc2c1Cc1ccccc1-2. The number of hydrogen-bond acceptors (Lipinski definition) is 0. The number of allylic oxidation sites excluding steroid dienone is 4. The maximum atomic E-state index is 13.7. The number of rotatable bonds is 2. The van der Waals surface area contributed by atoms with E-state index in [9.17, 15) is 4.39 Å². The van der Waals surface area contributed by atoms with E-state index >= 15 is 0 Å². The quantitative estimate of drug-likeness (QED) is 0.294. The van der Waals surface area contributed by atoms with Crippen molar-refractivity contribution in [1.29, 1.82) is 0 Å². The van der Waals surface area contributed by atoms with Gasteiger partial charge in [0.05, 0.1) is 0 Å². The Labute approximate surface area is 198 Å². The van der Waals surface area contributed by atoms with Gasteiger partial charge in [0.25, 0.3) is 0 Å². The fourth-order valence-electron chi connectivity index (χ4n) is 6.10. The zero-order valence-electron chi connectivity index (χ0n) is 19.0. The van der Waals surface area contributed by atoms with Gasteiger partial charge in [-0.2, -0.15) is 0 Å². The van der Waals surface area contributed by atoms with E-state index < -0.39 is 0 Å². The molecule has 162 valence electrons. The molecule has 4 aromatic carbocycles. The lowest BCUT2D eigenvalue weighted by Gasteiger charge is -2.28.